The van der Waals surface area contributed by atoms with Crippen molar-refractivity contribution in [3.05, 3.63) is 41.5 Å². The number of nitrogens with zero attached hydrogens (tertiary/aromatic N) is 1. The van der Waals surface area contributed by atoms with Crippen LogP contribution in [0.5, 0.6) is 5.75 Å². The zero-order valence-electron chi connectivity index (χ0n) is 13.1. The van der Waals surface area contributed by atoms with Gasteiger partial charge in [0.2, 0.25) is 0 Å². The predicted molar refractivity (Wildman–Crippen MR) is 96.8 cm³/mol. The highest BCUT2D eigenvalue weighted by molar-refractivity contribution is 5.85. The lowest BCUT2D eigenvalue weighted by Gasteiger charge is -2.35. The van der Waals surface area contributed by atoms with E-state index >= 15 is 0 Å². The third-order valence-corrected chi connectivity index (χ3v) is 4.23. The second-order valence-electron chi connectivity index (χ2n) is 5.93. The molecule has 1 saturated heterocycles. The molecule has 1 fully saturated rings. The van der Waals surface area contributed by atoms with Crippen molar-refractivity contribution in [2.45, 2.75) is 25.8 Å². The van der Waals surface area contributed by atoms with Gasteiger partial charge in [0.05, 0.1) is 6.61 Å². The number of fused-ring (bicyclic) bond motifs is 1. The van der Waals surface area contributed by atoms with Crippen LogP contribution in [0.25, 0.3) is 0 Å². The molecular formula is C17H26Cl2N2O. The van der Waals surface area contributed by atoms with Crippen molar-refractivity contribution in [2.75, 3.05) is 32.8 Å². The van der Waals surface area contributed by atoms with Gasteiger partial charge in [0.15, 0.2) is 0 Å². The Kier molecular flexibility index (Phi) is 7.70. The smallest absolute Gasteiger partial charge is 0.122 e. The average molecular weight is 345 g/mol. The quantitative estimate of drug-likeness (QED) is 0.847. The van der Waals surface area contributed by atoms with Crippen LogP contribution in [0.2, 0.25) is 0 Å². The summed E-state index contributed by atoms with van der Waals surface area (Å²) in [6.45, 7) is 11.5. The molecule has 0 unspecified atom stereocenters. The summed E-state index contributed by atoms with van der Waals surface area (Å²) in [7, 11) is 0. The Hall–Kier alpha value is -0.740. The highest BCUT2D eigenvalue weighted by Crippen LogP contribution is 2.33. The van der Waals surface area contributed by atoms with E-state index in [0.29, 0.717) is 6.04 Å². The molecule has 1 aromatic carbocycles. The number of hydrogen-bond donors (Lipinski definition) is 1. The summed E-state index contributed by atoms with van der Waals surface area (Å²) in [4.78, 5) is 2.59. The van der Waals surface area contributed by atoms with Gasteiger partial charge in [-0.25, -0.2) is 0 Å². The molecule has 124 valence electrons. The molecule has 0 bridgehead atoms. The molecule has 3 nitrogen and oxygen atoms in total. The number of rotatable bonds is 4. The zero-order chi connectivity index (χ0) is 13.9. The number of hydrogen-bond acceptors (Lipinski definition) is 3. The van der Waals surface area contributed by atoms with Crippen LogP contribution in [0.3, 0.4) is 0 Å². The Bertz CT molecular complexity index is 501. The monoisotopic (exact) mass is 344 g/mol. The molecule has 3 rings (SSSR count). The van der Waals surface area contributed by atoms with Crippen LogP contribution >= 0.6 is 24.8 Å². The van der Waals surface area contributed by atoms with Crippen LogP contribution in [-0.2, 0) is 6.42 Å². The molecule has 0 amide bonds. The Morgan fingerprint density at radius 3 is 2.73 bits per heavy atom. The molecule has 0 aliphatic carbocycles. The van der Waals surface area contributed by atoms with Gasteiger partial charge in [-0.15, -0.1) is 31.4 Å². The molecule has 1 atom stereocenters. The Balaban J connectivity index is 0.00000121. The molecule has 2 aliphatic heterocycles. The lowest BCUT2D eigenvalue weighted by Crippen LogP contribution is -2.45. The summed E-state index contributed by atoms with van der Waals surface area (Å²) in [6.07, 6.45) is 2.09. The topological polar surface area (TPSA) is 24.5 Å². The van der Waals surface area contributed by atoms with E-state index in [1.807, 2.05) is 0 Å². The lowest BCUT2D eigenvalue weighted by atomic mass is 9.96. The molecule has 2 heterocycles. The molecule has 0 radical (unpaired) electrons. The minimum Gasteiger partial charge on any atom is -0.493 e. The van der Waals surface area contributed by atoms with Crippen LogP contribution in [0.4, 0.5) is 0 Å². The molecule has 1 aromatic rings. The summed E-state index contributed by atoms with van der Waals surface area (Å²) in [5.41, 5.74) is 4.04. The maximum atomic E-state index is 5.62. The Labute approximate surface area is 145 Å². The van der Waals surface area contributed by atoms with Gasteiger partial charge >= 0.3 is 0 Å². The third kappa shape index (κ3) is 4.39. The first-order valence-corrected chi connectivity index (χ1v) is 7.59. The van der Waals surface area contributed by atoms with Crippen molar-refractivity contribution in [1.82, 2.24) is 10.2 Å². The van der Waals surface area contributed by atoms with E-state index in [9.17, 15) is 0 Å². The van der Waals surface area contributed by atoms with E-state index in [0.717, 1.165) is 51.4 Å². The minimum absolute atomic E-state index is 0. The molecule has 5 heteroatoms. The van der Waals surface area contributed by atoms with Crippen LogP contribution in [0, 0.1) is 0 Å². The zero-order valence-corrected chi connectivity index (χ0v) is 14.8. The predicted octanol–water partition coefficient (Wildman–Crippen LogP) is 3.38. The number of nitrogens with one attached hydrogen (secondary N) is 1. The van der Waals surface area contributed by atoms with Gasteiger partial charge in [-0.2, -0.15) is 0 Å². The van der Waals surface area contributed by atoms with Gasteiger partial charge < -0.3 is 10.1 Å². The third-order valence-electron chi connectivity index (χ3n) is 4.23. The van der Waals surface area contributed by atoms with Crippen molar-refractivity contribution in [3.63, 3.8) is 0 Å². The van der Waals surface area contributed by atoms with Crippen LogP contribution in [0.15, 0.2) is 30.4 Å². The fourth-order valence-corrected chi connectivity index (χ4v) is 3.20. The summed E-state index contributed by atoms with van der Waals surface area (Å²) in [5, 5.41) is 3.43. The van der Waals surface area contributed by atoms with Crippen molar-refractivity contribution < 1.29 is 4.74 Å². The summed E-state index contributed by atoms with van der Waals surface area (Å²) >= 11 is 0. The number of piperazine rings is 1. The highest BCUT2D eigenvalue weighted by Gasteiger charge is 2.23. The SMILES string of the molecule is C=C(C)C[C@H](c1ccc2c(c1)CCO2)N1CCNCC1.Cl.Cl. The van der Waals surface area contributed by atoms with Crippen molar-refractivity contribution in [1.29, 1.82) is 0 Å². The van der Waals surface area contributed by atoms with Crippen LogP contribution < -0.4 is 10.1 Å². The normalized spacial score (nSPS) is 18.4. The first-order chi connectivity index (χ1) is 9.74. The van der Waals surface area contributed by atoms with Crippen LogP contribution in [-0.4, -0.2) is 37.7 Å². The fraction of sp³-hybridized carbons (Fsp3) is 0.529. The first kappa shape index (κ1) is 19.3. The molecular weight excluding hydrogens is 319 g/mol. The molecule has 22 heavy (non-hydrogen) atoms. The van der Waals surface area contributed by atoms with Gasteiger partial charge in [-0.1, -0.05) is 17.7 Å². The molecule has 0 saturated carbocycles. The summed E-state index contributed by atoms with van der Waals surface area (Å²) in [6, 6.07) is 7.18. The number of benzene rings is 1. The van der Waals surface area contributed by atoms with E-state index < -0.39 is 0 Å². The van der Waals surface area contributed by atoms with Crippen molar-refractivity contribution >= 4 is 24.8 Å². The first-order valence-electron chi connectivity index (χ1n) is 7.59. The molecule has 0 aromatic heterocycles. The largest absolute Gasteiger partial charge is 0.493 e. The van der Waals surface area contributed by atoms with Crippen molar-refractivity contribution in [3.8, 4) is 5.75 Å². The standard InChI is InChI=1S/C17H24N2O.2ClH/c1-13(2)11-16(19-8-6-18-7-9-19)14-3-4-17-15(12-14)5-10-20-17;;/h3-4,12,16,18H,1,5-11H2,2H3;2*1H/t16-;;/m1../s1. The number of halogens is 2. The highest BCUT2D eigenvalue weighted by atomic mass is 35.5. The second kappa shape index (κ2) is 8.78. The Morgan fingerprint density at radius 1 is 1.32 bits per heavy atom. The lowest BCUT2D eigenvalue weighted by molar-refractivity contribution is 0.172. The van der Waals surface area contributed by atoms with Gasteiger partial charge in [-0.3, -0.25) is 4.90 Å². The van der Waals surface area contributed by atoms with E-state index in [1.165, 1.54) is 16.7 Å². The van der Waals surface area contributed by atoms with Gasteiger partial charge in [0.1, 0.15) is 5.75 Å². The maximum Gasteiger partial charge on any atom is 0.122 e. The second-order valence-corrected chi connectivity index (χ2v) is 5.93. The van der Waals surface area contributed by atoms with Gasteiger partial charge in [0, 0.05) is 38.6 Å². The van der Waals surface area contributed by atoms with E-state index in [-0.39, 0.29) is 24.8 Å². The van der Waals surface area contributed by atoms with E-state index in [2.05, 4.69) is 41.9 Å². The molecule has 1 N–H and O–H groups in total. The van der Waals surface area contributed by atoms with Crippen molar-refractivity contribution in [2.24, 2.45) is 0 Å². The summed E-state index contributed by atoms with van der Waals surface area (Å²) < 4.78 is 5.62. The fourth-order valence-electron chi connectivity index (χ4n) is 3.20. The number of ether oxygens (including phenoxy) is 1. The van der Waals surface area contributed by atoms with Gasteiger partial charge in [-0.05, 0) is 30.5 Å². The molecule has 0 spiro atoms. The summed E-state index contributed by atoms with van der Waals surface area (Å²) in [5.74, 6) is 1.07. The Morgan fingerprint density at radius 2 is 2.05 bits per heavy atom. The minimum atomic E-state index is 0. The van der Waals surface area contributed by atoms with Crippen LogP contribution in [0.1, 0.15) is 30.5 Å². The maximum absolute atomic E-state index is 5.62. The molecule has 2 aliphatic rings. The van der Waals surface area contributed by atoms with E-state index in [4.69, 9.17) is 4.74 Å². The van der Waals surface area contributed by atoms with E-state index in [1.54, 1.807) is 0 Å². The average Bonchev–Trinajstić information content (AvgIpc) is 2.93. The van der Waals surface area contributed by atoms with Gasteiger partial charge in [0.25, 0.3) is 0 Å².